The molecule has 0 saturated carbocycles. The van der Waals surface area contributed by atoms with Crippen molar-refractivity contribution in [2.24, 2.45) is 11.3 Å². The molecule has 33 heavy (non-hydrogen) atoms. The number of carboxylic acids is 1. The smallest absolute Gasteiger partial charge is 0.407 e. The van der Waals surface area contributed by atoms with Gasteiger partial charge in [-0.3, -0.25) is 9.59 Å². The Labute approximate surface area is 194 Å². The van der Waals surface area contributed by atoms with Crippen LogP contribution in [0.25, 0.3) is 11.1 Å². The molecule has 0 radical (unpaired) electrons. The number of alkyl carbamates (subject to hydrolysis) is 1. The number of carbonyl (C=O) groups is 3. The van der Waals surface area contributed by atoms with E-state index in [2.05, 4.69) is 34.9 Å². The Balaban J connectivity index is 1.49. The molecule has 7 nitrogen and oxygen atoms in total. The monoisotopic (exact) mass is 452 g/mol. The number of fused-ring (bicyclic) bond motifs is 3. The third-order valence-electron chi connectivity index (χ3n) is 6.33. The van der Waals surface area contributed by atoms with Crippen LogP contribution in [0.2, 0.25) is 0 Å². The van der Waals surface area contributed by atoms with Crippen LogP contribution in [0, 0.1) is 11.3 Å². The third-order valence-corrected chi connectivity index (χ3v) is 6.33. The van der Waals surface area contributed by atoms with Crippen LogP contribution in [0.15, 0.2) is 48.5 Å². The molecule has 1 aliphatic carbocycles. The summed E-state index contributed by atoms with van der Waals surface area (Å²) in [6.45, 7) is 5.74. The van der Waals surface area contributed by atoms with Gasteiger partial charge in [-0.1, -0.05) is 55.5 Å². The van der Waals surface area contributed by atoms with Crippen molar-refractivity contribution in [1.82, 2.24) is 10.6 Å². The molecule has 0 aromatic heterocycles. The lowest BCUT2D eigenvalue weighted by atomic mass is 9.89. The maximum absolute atomic E-state index is 12.4. The molecule has 0 aliphatic heterocycles. The summed E-state index contributed by atoms with van der Waals surface area (Å²) in [6, 6.07) is 16.3. The van der Waals surface area contributed by atoms with Gasteiger partial charge in [-0.05, 0) is 48.9 Å². The van der Waals surface area contributed by atoms with Crippen molar-refractivity contribution >= 4 is 18.0 Å². The van der Waals surface area contributed by atoms with Gasteiger partial charge in [-0.25, -0.2) is 4.79 Å². The molecule has 3 rings (SSSR count). The highest BCUT2D eigenvalue weighted by atomic mass is 16.5. The molecule has 2 aromatic rings. The molecular formula is C26H32N2O5. The first-order valence-corrected chi connectivity index (χ1v) is 11.3. The summed E-state index contributed by atoms with van der Waals surface area (Å²) in [5, 5.41) is 14.6. The van der Waals surface area contributed by atoms with Crippen LogP contribution in [0.4, 0.5) is 4.79 Å². The summed E-state index contributed by atoms with van der Waals surface area (Å²) in [7, 11) is 0. The first-order chi connectivity index (χ1) is 15.7. The topological polar surface area (TPSA) is 105 Å². The number of carboxylic acid groups (broad SMARTS) is 1. The molecule has 0 spiro atoms. The number of nitrogens with one attached hydrogen (secondary N) is 2. The normalized spacial score (nSPS) is 13.5. The fourth-order valence-corrected chi connectivity index (χ4v) is 4.03. The highest BCUT2D eigenvalue weighted by Crippen LogP contribution is 2.44. The molecule has 0 fully saturated rings. The van der Waals surface area contributed by atoms with Crippen molar-refractivity contribution in [2.45, 2.75) is 39.5 Å². The zero-order valence-corrected chi connectivity index (χ0v) is 19.4. The van der Waals surface area contributed by atoms with Crippen molar-refractivity contribution in [1.29, 1.82) is 0 Å². The average Bonchev–Trinajstić information content (AvgIpc) is 3.11. The van der Waals surface area contributed by atoms with Crippen molar-refractivity contribution in [3.8, 4) is 11.1 Å². The first kappa shape index (κ1) is 24.3. The molecule has 7 heteroatoms. The maximum atomic E-state index is 12.4. The van der Waals surface area contributed by atoms with E-state index in [-0.39, 0.29) is 31.5 Å². The van der Waals surface area contributed by atoms with Crippen molar-refractivity contribution in [3.63, 3.8) is 0 Å². The summed E-state index contributed by atoms with van der Waals surface area (Å²) >= 11 is 0. The summed E-state index contributed by atoms with van der Waals surface area (Å²) in [5.74, 6) is -1.55. The molecule has 1 aliphatic rings. The molecule has 1 unspecified atom stereocenters. The minimum atomic E-state index is -0.908. The quantitative estimate of drug-likeness (QED) is 0.502. The first-order valence-electron chi connectivity index (χ1n) is 11.3. The van der Waals surface area contributed by atoms with Crippen LogP contribution < -0.4 is 10.6 Å². The van der Waals surface area contributed by atoms with Gasteiger partial charge in [-0.15, -0.1) is 0 Å². The highest BCUT2D eigenvalue weighted by Gasteiger charge is 2.29. The Morgan fingerprint density at radius 2 is 1.58 bits per heavy atom. The van der Waals surface area contributed by atoms with Crippen LogP contribution in [-0.2, 0) is 14.3 Å². The largest absolute Gasteiger partial charge is 0.481 e. The predicted molar refractivity (Wildman–Crippen MR) is 126 cm³/mol. The number of hydrogen-bond donors (Lipinski definition) is 3. The van der Waals surface area contributed by atoms with Gasteiger partial charge in [-0.2, -0.15) is 0 Å². The van der Waals surface area contributed by atoms with E-state index in [1.165, 1.54) is 0 Å². The molecule has 0 saturated heterocycles. The van der Waals surface area contributed by atoms with Crippen molar-refractivity contribution < 1.29 is 24.2 Å². The fraction of sp³-hybridized carbons (Fsp3) is 0.423. The molecule has 1 atom stereocenters. The van der Waals surface area contributed by atoms with E-state index in [9.17, 15) is 19.5 Å². The lowest BCUT2D eigenvalue weighted by Gasteiger charge is -2.21. The third kappa shape index (κ3) is 5.72. The van der Waals surface area contributed by atoms with Gasteiger partial charge in [0.2, 0.25) is 5.91 Å². The SMILES string of the molecule is CCC(CNC(=O)OCC1c2ccccc2-c2ccccc21)C(=O)NCCC(C)(C)C(=O)O. The van der Waals surface area contributed by atoms with Gasteiger partial charge in [0, 0.05) is 19.0 Å². The Morgan fingerprint density at radius 3 is 2.12 bits per heavy atom. The molecule has 3 N–H and O–H groups in total. The second-order valence-corrected chi connectivity index (χ2v) is 9.04. The molecule has 0 bridgehead atoms. The van der Waals surface area contributed by atoms with E-state index in [0.29, 0.717) is 12.8 Å². The lowest BCUT2D eigenvalue weighted by Crippen LogP contribution is -2.40. The Morgan fingerprint density at radius 1 is 1.00 bits per heavy atom. The number of benzene rings is 2. The van der Waals surface area contributed by atoms with Crippen molar-refractivity contribution in [2.75, 3.05) is 19.7 Å². The van der Waals surface area contributed by atoms with Crippen LogP contribution in [0.3, 0.4) is 0 Å². The molecule has 2 amide bonds. The van der Waals surface area contributed by atoms with Gasteiger partial charge in [0.25, 0.3) is 0 Å². The van der Waals surface area contributed by atoms with Gasteiger partial charge in [0.15, 0.2) is 0 Å². The van der Waals surface area contributed by atoms with Crippen LogP contribution in [0.1, 0.15) is 50.7 Å². The van der Waals surface area contributed by atoms with Gasteiger partial charge in [0.1, 0.15) is 6.61 Å². The molecular weight excluding hydrogens is 420 g/mol. The highest BCUT2D eigenvalue weighted by molar-refractivity contribution is 5.80. The van der Waals surface area contributed by atoms with E-state index in [1.807, 2.05) is 31.2 Å². The summed E-state index contributed by atoms with van der Waals surface area (Å²) in [5.41, 5.74) is 3.70. The van der Waals surface area contributed by atoms with Crippen LogP contribution in [0.5, 0.6) is 0 Å². The Bertz CT molecular complexity index is 972. The molecule has 2 aromatic carbocycles. The zero-order chi connectivity index (χ0) is 24.0. The van der Waals surface area contributed by atoms with Crippen LogP contribution >= 0.6 is 0 Å². The summed E-state index contributed by atoms with van der Waals surface area (Å²) in [4.78, 5) is 36.0. The summed E-state index contributed by atoms with van der Waals surface area (Å²) in [6.07, 6.45) is 0.303. The number of ether oxygens (including phenoxy) is 1. The number of amides is 2. The van der Waals surface area contributed by atoms with Gasteiger partial charge < -0.3 is 20.5 Å². The van der Waals surface area contributed by atoms with Crippen LogP contribution in [-0.4, -0.2) is 42.8 Å². The van der Waals surface area contributed by atoms with E-state index in [4.69, 9.17) is 4.74 Å². The van der Waals surface area contributed by atoms with E-state index in [0.717, 1.165) is 22.3 Å². The Kier molecular flexibility index (Phi) is 7.74. The standard InChI is InChI=1S/C26H32N2O5/c1-4-17(23(29)27-14-13-26(2,3)24(30)31)15-28-25(32)33-16-22-20-11-7-5-9-18(20)19-10-6-8-12-21(19)22/h5-12,17,22H,4,13-16H2,1-3H3,(H,27,29)(H,28,32)(H,30,31). The lowest BCUT2D eigenvalue weighted by molar-refractivity contribution is -0.147. The average molecular weight is 453 g/mol. The maximum Gasteiger partial charge on any atom is 0.407 e. The summed E-state index contributed by atoms with van der Waals surface area (Å²) < 4.78 is 5.52. The van der Waals surface area contributed by atoms with Crippen molar-refractivity contribution in [3.05, 3.63) is 59.7 Å². The van der Waals surface area contributed by atoms with Gasteiger partial charge >= 0.3 is 12.1 Å². The Hall–Kier alpha value is -3.35. The second kappa shape index (κ2) is 10.5. The van der Waals surface area contributed by atoms with E-state index >= 15 is 0 Å². The van der Waals surface area contributed by atoms with Gasteiger partial charge in [0.05, 0.1) is 11.3 Å². The van der Waals surface area contributed by atoms with E-state index < -0.39 is 23.4 Å². The molecule has 0 heterocycles. The number of rotatable bonds is 10. The predicted octanol–water partition coefficient (Wildman–Crippen LogP) is 4.17. The zero-order valence-electron chi connectivity index (χ0n) is 19.4. The number of hydrogen-bond acceptors (Lipinski definition) is 4. The van der Waals surface area contributed by atoms with E-state index in [1.54, 1.807) is 13.8 Å². The molecule has 176 valence electrons. The number of carbonyl (C=O) groups excluding carboxylic acids is 2. The number of aliphatic carboxylic acids is 1. The minimum Gasteiger partial charge on any atom is -0.481 e. The fourth-order valence-electron chi connectivity index (χ4n) is 4.03. The second-order valence-electron chi connectivity index (χ2n) is 9.04. The minimum absolute atomic E-state index is 0.0222.